The molecule has 5 heteroatoms. The summed E-state index contributed by atoms with van der Waals surface area (Å²) in [6.45, 7) is 2.66. The van der Waals surface area contributed by atoms with E-state index in [1.807, 2.05) is 6.92 Å². The number of amides is 1. The van der Waals surface area contributed by atoms with Crippen molar-refractivity contribution in [3.8, 4) is 0 Å². The fourth-order valence-corrected chi connectivity index (χ4v) is 1.04. The van der Waals surface area contributed by atoms with E-state index in [1.54, 1.807) is 12.4 Å². The number of hydrogen-bond donors (Lipinski definition) is 3. The molecule has 1 atom stereocenters. The van der Waals surface area contributed by atoms with Crippen LogP contribution >= 0.6 is 0 Å². The van der Waals surface area contributed by atoms with Crippen molar-refractivity contribution in [1.29, 1.82) is 0 Å². The van der Waals surface area contributed by atoms with E-state index in [-0.39, 0.29) is 5.91 Å². The molecular formula is C9H16N4O. The Labute approximate surface area is 83.1 Å². The van der Waals surface area contributed by atoms with Gasteiger partial charge in [0.05, 0.1) is 11.9 Å². The van der Waals surface area contributed by atoms with Gasteiger partial charge < -0.3 is 11.1 Å². The number of aromatic amines is 1. The predicted octanol–water partition coefficient (Wildman–Crippen LogP) is 0.723. The van der Waals surface area contributed by atoms with E-state index in [9.17, 15) is 4.79 Å². The zero-order valence-electron chi connectivity index (χ0n) is 8.29. The van der Waals surface area contributed by atoms with Crippen molar-refractivity contribution in [2.75, 3.05) is 11.9 Å². The van der Waals surface area contributed by atoms with Crippen LogP contribution in [-0.4, -0.2) is 22.6 Å². The summed E-state index contributed by atoms with van der Waals surface area (Å²) in [7, 11) is 0. The molecule has 1 rings (SSSR count). The lowest BCUT2D eigenvalue weighted by molar-refractivity contribution is -0.116. The van der Waals surface area contributed by atoms with Crippen molar-refractivity contribution in [2.24, 2.45) is 11.7 Å². The highest BCUT2D eigenvalue weighted by atomic mass is 16.1. The number of nitrogens with zero attached hydrogens (tertiary/aromatic N) is 1. The van der Waals surface area contributed by atoms with Gasteiger partial charge in [0.25, 0.3) is 0 Å². The summed E-state index contributed by atoms with van der Waals surface area (Å²) in [4.78, 5) is 11.3. The van der Waals surface area contributed by atoms with Crippen LogP contribution in [0.2, 0.25) is 0 Å². The number of anilines is 1. The van der Waals surface area contributed by atoms with Gasteiger partial charge in [0.2, 0.25) is 5.91 Å². The molecule has 0 radical (unpaired) electrons. The van der Waals surface area contributed by atoms with Gasteiger partial charge in [0, 0.05) is 12.6 Å². The third-order valence-electron chi connectivity index (χ3n) is 2.05. The first-order chi connectivity index (χ1) is 6.72. The van der Waals surface area contributed by atoms with Gasteiger partial charge in [-0.2, -0.15) is 5.10 Å². The molecule has 0 aliphatic carbocycles. The summed E-state index contributed by atoms with van der Waals surface area (Å²) in [6.07, 6.45) is 4.54. The van der Waals surface area contributed by atoms with E-state index in [0.717, 1.165) is 6.42 Å². The van der Waals surface area contributed by atoms with Crippen LogP contribution in [0.25, 0.3) is 0 Å². The molecule has 0 aliphatic heterocycles. The number of rotatable bonds is 5. The van der Waals surface area contributed by atoms with Crippen LogP contribution in [0.5, 0.6) is 0 Å². The highest BCUT2D eigenvalue weighted by molar-refractivity contribution is 5.90. The van der Waals surface area contributed by atoms with E-state index in [2.05, 4.69) is 15.5 Å². The summed E-state index contributed by atoms with van der Waals surface area (Å²) >= 11 is 0. The monoisotopic (exact) mass is 196 g/mol. The minimum absolute atomic E-state index is 0.00620. The number of carbonyl (C=O) groups excluding carboxylic acids is 1. The van der Waals surface area contributed by atoms with E-state index < -0.39 is 0 Å². The van der Waals surface area contributed by atoms with Crippen molar-refractivity contribution >= 4 is 11.6 Å². The minimum Gasteiger partial charge on any atom is -0.330 e. The number of carbonyl (C=O) groups is 1. The molecule has 0 saturated heterocycles. The van der Waals surface area contributed by atoms with Crippen molar-refractivity contribution < 1.29 is 4.79 Å². The Morgan fingerprint density at radius 3 is 3.14 bits per heavy atom. The number of hydrogen-bond acceptors (Lipinski definition) is 3. The van der Waals surface area contributed by atoms with Gasteiger partial charge in [-0.3, -0.25) is 9.89 Å². The molecule has 0 spiro atoms. The predicted molar refractivity (Wildman–Crippen MR) is 54.7 cm³/mol. The number of nitrogens with two attached hydrogens (primary N) is 1. The number of H-pyrrole nitrogens is 1. The summed E-state index contributed by atoms with van der Waals surface area (Å²) in [5.74, 6) is 0.400. The van der Waals surface area contributed by atoms with Crippen LogP contribution in [0.15, 0.2) is 12.4 Å². The molecule has 14 heavy (non-hydrogen) atoms. The van der Waals surface area contributed by atoms with Gasteiger partial charge >= 0.3 is 0 Å². The molecule has 1 amide bonds. The summed E-state index contributed by atoms with van der Waals surface area (Å²) < 4.78 is 0. The number of nitrogens with one attached hydrogen (secondary N) is 2. The molecule has 0 aromatic carbocycles. The van der Waals surface area contributed by atoms with Crippen LogP contribution in [0.3, 0.4) is 0 Å². The maximum Gasteiger partial charge on any atom is 0.224 e. The first-order valence-electron chi connectivity index (χ1n) is 4.71. The largest absolute Gasteiger partial charge is 0.330 e. The molecule has 0 bridgehead atoms. The lowest BCUT2D eigenvalue weighted by Crippen LogP contribution is -2.16. The Hall–Kier alpha value is -1.36. The Morgan fingerprint density at radius 1 is 1.79 bits per heavy atom. The fraction of sp³-hybridized carbons (Fsp3) is 0.556. The van der Waals surface area contributed by atoms with Crippen molar-refractivity contribution in [3.05, 3.63) is 12.4 Å². The first-order valence-corrected chi connectivity index (χ1v) is 4.71. The normalized spacial score (nSPS) is 12.4. The van der Waals surface area contributed by atoms with Gasteiger partial charge in [0.1, 0.15) is 0 Å². The standard InChI is InChI=1S/C9H16N4O/c1-7(4-10)2-3-9(14)13-8-5-11-12-6-8/h5-7H,2-4,10H2,1H3,(H,11,12)(H,13,14). The first kappa shape index (κ1) is 10.7. The molecule has 1 heterocycles. The van der Waals surface area contributed by atoms with Gasteiger partial charge in [-0.25, -0.2) is 0 Å². The van der Waals surface area contributed by atoms with Crippen molar-refractivity contribution in [3.63, 3.8) is 0 Å². The maximum atomic E-state index is 11.3. The third kappa shape index (κ3) is 3.57. The van der Waals surface area contributed by atoms with Gasteiger partial charge in [-0.15, -0.1) is 0 Å². The highest BCUT2D eigenvalue weighted by Gasteiger charge is 2.05. The average molecular weight is 196 g/mol. The average Bonchev–Trinajstić information content (AvgIpc) is 2.66. The molecule has 0 aliphatic rings. The van der Waals surface area contributed by atoms with Crippen LogP contribution in [0, 0.1) is 5.92 Å². The zero-order chi connectivity index (χ0) is 10.4. The molecule has 0 saturated carbocycles. The molecule has 5 nitrogen and oxygen atoms in total. The van der Waals surface area contributed by atoms with Gasteiger partial charge in [-0.05, 0) is 18.9 Å². The van der Waals surface area contributed by atoms with Crippen LogP contribution in [0.4, 0.5) is 5.69 Å². The Balaban J connectivity index is 2.23. The van der Waals surface area contributed by atoms with Crippen molar-refractivity contribution in [2.45, 2.75) is 19.8 Å². The zero-order valence-corrected chi connectivity index (χ0v) is 8.29. The molecule has 0 fully saturated rings. The maximum absolute atomic E-state index is 11.3. The quantitative estimate of drug-likeness (QED) is 0.649. The fourth-order valence-electron chi connectivity index (χ4n) is 1.04. The number of aromatic nitrogens is 2. The summed E-state index contributed by atoms with van der Waals surface area (Å²) in [5.41, 5.74) is 6.15. The Bertz CT molecular complexity index is 270. The highest BCUT2D eigenvalue weighted by Crippen LogP contribution is 2.06. The second-order valence-electron chi connectivity index (χ2n) is 3.41. The minimum atomic E-state index is 0.00620. The van der Waals surface area contributed by atoms with Crippen LogP contribution < -0.4 is 11.1 Å². The molecule has 1 aromatic heterocycles. The lowest BCUT2D eigenvalue weighted by Gasteiger charge is -2.07. The van der Waals surface area contributed by atoms with E-state index in [1.165, 1.54) is 0 Å². The van der Waals surface area contributed by atoms with E-state index >= 15 is 0 Å². The molecular weight excluding hydrogens is 180 g/mol. The second-order valence-corrected chi connectivity index (χ2v) is 3.41. The molecule has 78 valence electrons. The molecule has 4 N–H and O–H groups in total. The molecule has 1 aromatic rings. The van der Waals surface area contributed by atoms with Crippen molar-refractivity contribution in [1.82, 2.24) is 10.2 Å². The Morgan fingerprint density at radius 2 is 2.57 bits per heavy atom. The van der Waals surface area contributed by atoms with Gasteiger partial charge in [0.15, 0.2) is 0 Å². The summed E-state index contributed by atoms with van der Waals surface area (Å²) in [6, 6.07) is 0. The second kappa shape index (κ2) is 5.39. The SMILES string of the molecule is CC(CN)CCC(=O)Nc1cn[nH]c1. The van der Waals surface area contributed by atoms with Crippen LogP contribution in [-0.2, 0) is 4.79 Å². The van der Waals surface area contributed by atoms with Gasteiger partial charge in [-0.1, -0.05) is 6.92 Å². The van der Waals surface area contributed by atoms with Crippen LogP contribution in [0.1, 0.15) is 19.8 Å². The molecule has 1 unspecified atom stereocenters. The smallest absolute Gasteiger partial charge is 0.224 e. The van der Waals surface area contributed by atoms with E-state index in [0.29, 0.717) is 24.6 Å². The van der Waals surface area contributed by atoms with E-state index in [4.69, 9.17) is 5.73 Å². The Kier molecular flexibility index (Phi) is 4.12. The topological polar surface area (TPSA) is 83.8 Å². The lowest BCUT2D eigenvalue weighted by atomic mass is 10.1. The summed E-state index contributed by atoms with van der Waals surface area (Å²) in [5, 5.41) is 9.08. The third-order valence-corrected chi connectivity index (χ3v) is 2.05.